The zero-order valence-electron chi connectivity index (χ0n) is 29.1. The van der Waals surface area contributed by atoms with Crippen molar-refractivity contribution in [2.24, 2.45) is 0 Å². The second kappa shape index (κ2) is 17.4. The molecular weight excluding hydrogens is 661 g/mol. The summed E-state index contributed by atoms with van der Waals surface area (Å²) in [6.07, 6.45) is -2.33. The van der Waals surface area contributed by atoms with Crippen LogP contribution >= 0.6 is 0 Å². The lowest BCUT2D eigenvalue weighted by Gasteiger charge is -2.44. The fraction of sp³-hybridized carbons (Fsp3) is 0.368. The van der Waals surface area contributed by atoms with Crippen molar-refractivity contribution in [3.8, 4) is 11.5 Å². The van der Waals surface area contributed by atoms with Crippen LogP contribution < -0.4 is 19.8 Å². The van der Waals surface area contributed by atoms with Crippen LogP contribution in [0.15, 0.2) is 109 Å². The first-order chi connectivity index (χ1) is 23.4. The van der Waals surface area contributed by atoms with E-state index in [4.69, 9.17) is 27.6 Å². The summed E-state index contributed by atoms with van der Waals surface area (Å²) in [6, 6.07) is 35.3. The fourth-order valence-corrected chi connectivity index (χ4v) is 10.8. The second-order valence-electron chi connectivity index (χ2n) is 12.9. The number of hydrogen-bond acceptors (Lipinski definition) is 9. The topological polar surface area (TPSA) is 110 Å². The molecule has 264 valence electrons. The van der Waals surface area contributed by atoms with Gasteiger partial charge in [-0.1, -0.05) is 106 Å². The Morgan fingerprint density at radius 3 is 1.53 bits per heavy atom. The lowest BCUT2D eigenvalue weighted by atomic mass is 10.1. The molecule has 9 nitrogen and oxygen atoms in total. The Balaban J connectivity index is 1.75. The molecule has 0 saturated heterocycles. The summed E-state index contributed by atoms with van der Waals surface area (Å²) in [6.45, 7) is 6.32. The molecule has 0 bridgehead atoms. The summed E-state index contributed by atoms with van der Waals surface area (Å²) in [5.74, 6) is 1.41. The predicted octanol–water partition coefficient (Wildman–Crippen LogP) is 5.09. The summed E-state index contributed by atoms with van der Waals surface area (Å²) < 4.78 is 59.8. The lowest BCUT2D eigenvalue weighted by molar-refractivity contribution is -0.148. The van der Waals surface area contributed by atoms with Crippen LogP contribution in [0, 0.1) is 0 Å². The van der Waals surface area contributed by atoms with Gasteiger partial charge in [-0.2, -0.15) is 8.42 Å². The summed E-state index contributed by atoms with van der Waals surface area (Å²) in [5, 5.41) is 13.4. The third-order valence-corrected chi connectivity index (χ3v) is 13.9. The second-order valence-corrected chi connectivity index (χ2v) is 18.8. The summed E-state index contributed by atoms with van der Waals surface area (Å²) in [7, 11) is -3.68. The minimum absolute atomic E-state index is 0.0344. The van der Waals surface area contributed by atoms with Crippen molar-refractivity contribution in [1.29, 1.82) is 0 Å². The molecule has 0 heterocycles. The molecule has 1 N–H and O–H groups in total. The van der Waals surface area contributed by atoms with E-state index in [1.165, 1.54) is 0 Å². The van der Waals surface area contributed by atoms with E-state index in [1.807, 2.05) is 84.9 Å². The van der Waals surface area contributed by atoms with Gasteiger partial charge in [0.2, 0.25) is 0 Å². The number of ether oxygens (including phenoxy) is 4. The summed E-state index contributed by atoms with van der Waals surface area (Å²) >= 11 is 0. The van der Waals surface area contributed by atoms with Crippen LogP contribution in [-0.2, 0) is 41.4 Å². The Bertz CT molecular complexity index is 1620. The van der Waals surface area contributed by atoms with E-state index in [2.05, 4.69) is 45.0 Å². The molecule has 49 heavy (non-hydrogen) atoms. The summed E-state index contributed by atoms with van der Waals surface area (Å²) in [4.78, 5) is 0. The van der Waals surface area contributed by atoms with Gasteiger partial charge in [-0.05, 0) is 50.8 Å². The van der Waals surface area contributed by atoms with Crippen LogP contribution in [0.2, 0.25) is 5.04 Å². The van der Waals surface area contributed by atoms with Gasteiger partial charge in [-0.25, -0.2) is 0 Å². The van der Waals surface area contributed by atoms with Crippen molar-refractivity contribution in [3.63, 3.8) is 0 Å². The van der Waals surface area contributed by atoms with Crippen LogP contribution in [0.25, 0.3) is 0 Å². The van der Waals surface area contributed by atoms with Crippen LogP contribution in [0.1, 0.15) is 31.9 Å². The van der Waals surface area contributed by atoms with E-state index in [1.54, 1.807) is 14.2 Å². The highest BCUT2D eigenvalue weighted by molar-refractivity contribution is 7.85. The van der Waals surface area contributed by atoms with Crippen molar-refractivity contribution in [3.05, 3.63) is 120 Å². The predicted molar refractivity (Wildman–Crippen MR) is 194 cm³/mol. The van der Waals surface area contributed by atoms with E-state index >= 15 is 0 Å². The van der Waals surface area contributed by atoms with Gasteiger partial charge in [-0.3, -0.25) is 4.18 Å². The number of methoxy groups -OCH3 is 2. The highest BCUT2D eigenvalue weighted by Crippen LogP contribution is 2.37. The maximum absolute atomic E-state index is 12.0. The van der Waals surface area contributed by atoms with E-state index in [0.29, 0.717) is 11.5 Å². The zero-order valence-corrected chi connectivity index (χ0v) is 30.9. The zero-order chi connectivity index (χ0) is 35.5. The minimum Gasteiger partial charge on any atom is -0.497 e. The summed E-state index contributed by atoms with van der Waals surface area (Å²) in [5.41, 5.74) is 1.69. The highest BCUT2D eigenvalue weighted by Gasteiger charge is 2.51. The molecule has 0 unspecified atom stereocenters. The van der Waals surface area contributed by atoms with E-state index < -0.39 is 43.4 Å². The van der Waals surface area contributed by atoms with Crippen LogP contribution in [-0.4, -0.2) is 73.8 Å². The van der Waals surface area contributed by atoms with Gasteiger partial charge in [0.25, 0.3) is 18.4 Å². The minimum atomic E-state index is -3.85. The molecule has 0 aliphatic carbocycles. The smallest absolute Gasteiger partial charge is 0.264 e. The van der Waals surface area contributed by atoms with Gasteiger partial charge >= 0.3 is 0 Å². The third kappa shape index (κ3) is 10.5. The van der Waals surface area contributed by atoms with Crippen molar-refractivity contribution in [2.75, 3.05) is 33.7 Å². The Morgan fingerprint density at radius 1 is 0.673 bits per heavy atom. The highest BCUT2D eigenvalue weighted by atomic mass is 32.2. The Morgan fingerprint density at radius 2 is 1.12 bits per heavy atom. The monoisotopic (exact) mass is 708 g/mol. The Hall–Kier alpha value is -3.55. The van der Waals surface area contributed by atoms with E-state index in [9.17, 15) is 13.5 Å². The first-order valence-corrected chi connectivity index (χ1v) is 19.9. The third-order valence-electron chi connectivity index (χ3n) is 8.30. The van der Waals surface area contributed by atoms with Gasteiger partial charge in [0.1, 0.15) is 29.8 Å². The Labute approximate surface area is 292 Å². The van der Waals surface area contributed by atoms with Gasteiger partial charge in [0, 0.05) is 0 Å². The molecule has 3 atom stereocenters. The van der Waals surface area contributed by atoms with E-state index in [0.717, 1.165) is 27.8 Å². The first-order valence-electron chi connectivity index (χ1n) is 16.1. The van der Waals surface area contributed by atoms with Crippen molar-refractivity contribution in [2.45, 2.75) is 57.3 Å². The normalized spacial score (nSPS) is 14.2. The first kappa shape index (κ1) is 38.3. The molecule has 0 spiro atoms. The molecule has 4 aromatic rings. The van der Waals surface area contributed by atoms with Gasteiger partial charge in [0.15, 0.2) is 0 Å². The van der Waals surface area contributed by atoms with Crippen molar-refractivity contribution < 1.29 is 41.1 Å². The average Bonchev–Trinajstić information content (AvgIpc) is 3.10. The molecule has 0 amide bonds. The largest absolute Gasteiger partial charge is 0.497 e. The number of benzene rings is 4. The van der Waals surface area contributed by atoms with Crippen molar-refractivity contribution in [1.82, 2.24) is 0 Å². The van der Waals surface area contributed by atoms with Gasteiger partial charge in [0.05, 0.1) is 46.9 Å². The molecule has 4 rings (SSSR count). The Kier molecular flexibility index (Phi) is 13.6. The number of hydrogen-bond donors (Lipinski definition) is 1. The molecule has 11 heteroatoms. The number of aliphatic hydroxyl groups is 1. The molecule has 0 aliphatic rings. The lowest BCUT2D eigenvalue weighted by Crippen LogP contribution is -2.67. The maximum atomic E-state index is 12.0. The number of aliphatic hydroxyl groups excluding tert-OH is 1. The molecular formula is C38H48O9SSi. The number of rotatable bonds is 18. The maximum Gasteiger partial charge on any atom is 0.264 e. The molecule has 0 saturated carbocycles. The molecule has 0 aliphatic heterocycles. The van der Waals surface area contributed by atoms with Crippen LogP contribution in [0.5, 0.6) is 11.5 Å². The standard InChI is InChI=1S/C38H48O9SSi/c1-38(2,3)49(33-13-9-7-10-14-33,34-15-11-8-12-16-34)47-28-36(44-25-29-17-21-31(42-4)22-18-29)37(35(39)27-46-48(6,40)41)45-26-30-19-23-32(43-5)24-20-30/h7-24,35-37,39H,25-28H2,1-6H3/t35-,36-,37-/m1/s1. The van der Waals surface area contributed by atoms with Crippen LogP contribution in [0.4, 0.5) is 0 Å². The van der Waals surface area contributed by atoms with Crippen molar-refractivity contribution >= 4 is 28.8 Å². The average molecular weight is 709 g/mol. The SMILES string of the molecule is COc1ccc(CO[C@H]([C@H](O)COS(C)(=O)=O)[C@@H](CO[Si](c2ccccc2)(c2ccccc2)C(C)(C)C)OCc2ccc(OC)cc2)cc1. The fourth-order valence-electron chi connectivity index (χ4n) is 5.80. The molecule has 0 radical (unpaired) electrons. The molecule has 0 fully saturated rings. The van der Waals surface area contributed by atoms with Crippen LogP contribution in [0.3, 0.4) is 0 Å². The quantitative estimate of drug-likeness (QED) is 0.112. The molecule has 4 aromatic carbocycles. The molecule has 0 aromatic heterocycles. The van der Waals surface area contributed by atoms with Gasteiger partial charge in [-0.15, -0.1) is 0 Å². The van der Waals surface area contributed by atoms with E-state index in [-0.39, 0.29) is 24.9 Å². The van der Waals surface area contributed by atoms with Gasteiger partial charge < -0.3 is 28.5 Å².